The Labute approximate surface area is 98.3 Å². The molecule has 0 unspecified atom stereocenters. The number of aliphatic hydroxyl groups excluding tert-OH is 1. The molecular weight excluding hydrogens is 223 g/mol. The fourth-order valence-electron chi connectivity index (χ4n) is 1.48. The maximum Gasteiger partial charge on any atom is 0.146 e. The number of hydrogen-bond acceptors (Lipinski definition) is 3. The molecule has 17 heavy (non-hydrogen) atoms. The smallest absolute Gasteiger partial charge is 0.146 e. The highest BCUT2D eigenvalue weighted by Gasteiger charge is 2.04. The van der Waals surface area contributed by atoms with Crippen molar-refractivity contribution < 1.29 is 14.2 Å². The van der Waals surface area contributed by atoms with Gasteiger partial charge in [-0.1, -0.05) is 0 Å². The highest BCUT2D eigenvalue weighted by Crippen LogP contribution is 2.17. The van der Waals surface area contributed by atoms with Gasteiger partial charge in [0.1, 0.15) is 24.0 Å². The van der Waals surface area contributed by atoms with E-state index in [2.05, 4.69) is 4.98 Å². The standard InChI is InChI=1S/C12H13FN2O2/c1-15-3-2-14-12(15)8-17-11-5-9(7-16)4-10(13)6-11/h2-6,16H,7-8H2,1H3. The molecule has 0 aliphatic rings. The second-order valence-electron chi connectivity index (χ2n) is 3.70. The van der Waals surface area contributed by atoms with Crippen molar-refractivity contribution in [2.24, 2.45) is 7.05 Å². The first-order valence-corrected chi connectivity index (χ1v) is 5.18. The fraction of sp³-hybridized carbons (Fsp3) is 0.250. The van der Waals surface area contributed by atoms with E-state index in [1.54, 1.807) is 12.3 Å². The lowest BCUT2D eigenvalue weighted by atomic mass is 10.2. The van der Waals surface area contributed by atoms with Crippen LogP contribution in [0.2, 0.25) is 0 Å². The van der Waals surface area contributed by atoms with Gasteiger partial charge < -0.3 is 14.4 Å². The van der Waals surface area contributed by atoms with Crippen molar-refractivity contribution in [2.45, 2.75) is 13.2 Å². The first kappa shape index (κ1) is 11.6. The number of aliphatic hydroxyl groups is 1. The average Bonchev–Trinajstić information content (AvgIpc) is 2.71. The SMILES string of the molecule is Cn1ccnc1COc1cc(F)cc(CO)c1. The molecule has 4 nitrogen and oxygen atoms in total. The summed E-state index contributed by atoms with van der Waals surface area (Å²) in [5.41, 5.74) is 0.486. The van der Waals surface area contributed by atoms with Gasteiger partial charge in [-0.2, -0.15) is 0 Å². The van der Waals surface area contributed by atoms with Crippen molar-refractivity contribution >= 4 is 0 Å². The molecule has 0 spiro atoms. The molecule has 0 saturated heterocycles. The van der Waals surface area contributed by atoms with Crippen LogP contribution in [0.4, 0.5) is 4.39 Å². The van der Waals surface area contributed by atoms with E-state index in [1.165, 1.54) is 12.1 Å². The van der Waals surface area contributed by atoms with Crippen LogP contribution in [-0.4, -0.2) is 14.7 Å². The summed E-state index contributed by atoms with van der Waals surface area (Å²) < 4.78 is 20.4. The van der Waals surface area contributed by atoms with E-state index in [0.29, 0.717) is 11.3 Å². The summed E-state index contributed by atoms with van der Waals surface area (Å²) in [5, 5.41) is 8.94. The number of benzene rings is 1. The van der Waals surface area contributed by atoms with Gasteiger partial charge >= 0.3 is 0 Å². The van der Waals surface area contributed by atoms with Crippen molar-refractivity contribution in [2.75, 3.05) is 0 Å². The Kier molecular flexibility index (Phi) is 3.39. The van der Waals surface area contributed by atoms with Gasteiger partial charge in [0.25, 0.3) is 0 Å². The summed E-state index contributed by atoms with van der Waals surface area (Å²) in [6, 6.07) is 4.15. The number of imidazole rings is 1. The third kappa shape index (κ3) is 2.82. The predicted octanol–water partition coefficient (Wildman–Crippen LogP) is 1.63. The number of aryl methyl sites for hydroxylation is 1. The van der Waals surface area contributed by atoms with Crippen LogP contribution >= 0.6 is 0 Å². The van der Waals surface area contributed by atoms with Crippen molar-refractivity contribution in [3.63, 3.8) is 0 Å². The largest absolute Gasteiger partial charge is 0.486 e. The van der Waals surface area contributed by atoms with E-state index in [4.69, 9.17) is 9.84 Å². The summed E-state index contributed by atoms with van der Waals surface area (Å²) in [4.78, 5) is 4.09. The number of aromatic nitrogens is 2. The van der Waals surface area contributed by atoms with Gasteiger partial charge in [0, 0.05) is 25.5 Å². The molecule has 90 valence electrons. The monoisotopic (exact) mass is 236 g/mol. The molecule has 2 rings (SSSR count). The van der Waals surface area contributed by atoms with E-state index in [-0.39, 0.29) is 13.2 Å². The zero-order valence-electron chi connectivity index (χ0n) is 9.43. The van der Waals surface area contributed by atoms with Gasteiger partial charge in [-0.15, -0.1) is 0 Å². The quantitative estimate of drug-likeness (QED) is 0.877. The van der Waals surface area contributed by atoms with Crippen LogP contribution in [0.1, 0.15) is 11.4 Å². The molecule has 0 atom stereocenters. The Morgan fingerprint density at radius 3 is 2.88 bits per heavy atom. The van der Waals surface area contributed by atoms with E-state index in [0.717, 1.165) is 5.82 Å². The molecule has 1 N–H and O–H groups in total. The van der Waals surface area contributed by atoms with Gasteiger partial charge in [-0.3, -0.25) is 0 Å². The highest BCUT2D eigenvalue weighted by molar-refractivity contribution is 5.29. The molecule has 0 amide bonds. The second kappa shape index (κ2) is 4.97. The van der Waals surface area contributed by atoms with Crippen LogP contribution < -0.4 is 4.74 Å². The van der Waals surface area contributed by atoms with E-state index >= 15 is 0 Å². The summed E-state index contributed by atoms with van der Waals surface area (Å²) >= 11 is 0. The average molecular weight is 236 g/mol. The Hall–Kier alpha value is -1.88. The zero-order valence-corrected chi connectivity index (χ0v) is 9.43. The third-order valence-corrected chi connectivity index (χ3v) is 2.40. The molecule has 0 radical (unpaired) electrons. The summed E-state index contributed by atoms with van der Waals surface area (Å²) in [6.45, 7) is 0.0499. The number of rotatable bonds is 4. The van der Waals surface area contributed by atoms with Crippen LogP contribution in [-0.2, 0) is 20.3 Å². The van der Waals surface area contributed by atoms with Crippen LogP contribution in [0.15, 0.2) is 30.6 Å². The minimum Gasteiger partial charge on any atom is -0.486 e. The molecule has 0 saturated carbocycles. The van der Waals surface area contributed by atoms with Crippen LogP contribution in [0.3, 0.4) is 0 Å². The Balaban J connectivity index is 2.09. The topological polar surface area (TPSA) is 47.3 Å². The van der Waals surface area contributed by atoms with Crippen molar-refractivity contribution in [1.29, 1.82) is 0 Å². The van der Waals surface area contributed by atoms with Gasteiger partial charge in [0.2, 0.25) is 0 Å². The number of ether oxygens (including phenoxy) is 1. The minimum atomic E-state index is -0.425. The van der Waals surface area contributed by atoms with E-state index in [9.17, 15) is 4.39 Å². The number of hydrogen-bond donors (Lipinski definition) is 1. The summed E-state index contributed by atoms with van der Waals surface area (Å²) in [7, 11) is 1.86. The summed E-state index contributed by atoms with van der Waals surface area (Å²) in [5.74, 6) is 0.711. The van der Waals surface area contributed by atoms with Gasteiger partial charge in [-0.05, 0) is 17.7 Å². The lowest BCUT2D eigenvalue weighted by molar-refractivity contribution is 0.274. The lowest BCUT2D eigenvalue weighted by Gasteiger charge is -2.07. The van der Waals surface area contributed by atoms with Crippen LogP contribution in [0.25, 0.3) is 0 Å². The first-order valence-electron chi connectivity index (χ1n) is 5.18. The zero-order chi connectivity index (χ0) is 12.3. The van der Waals surface area contributed by atoms with Crippen molar-refractivity contribution in [3.8, 4) is 5.75 Å². The maximum atomic E-state index is 13.1. The van der Waals surface area contributed by atoms with E-state index in [1.807, 2.05) is 17.8 Å². The molecule has 0 bridgehead atoms. The minimum absolute atomic E-state index is 0.212. The van der Waals surface area contributed by atoms with Gasteiger partial charge in [0.15, 0.2) is 0 Å². The van der Waals surface area contributed by atoms with Gasteiger partial charge in [-0.25, -0.2) is 9.37 Å². The Morgan fingerprint density at radius 1 is 1.41 bits per heavy atom. The molecule has 1 aromatic carbocycles. The maximum absolute atomic E-state index is 13.1. The molecule has 0 fully saturated rings. The molecular formula is C12H13FN2O2. The molecule has 1 heterocycles. The second-order valence-corrected chi connectivity index (χ2v) is 3.70. The molecule has 5 heteroatoms. The van der Waals surface area contributed by atoms with Crippen molar-refractivity contribution in [3.05, 3.63) is 47.8 Å². The fourth-order valence-corrected chi connectivity index (χ4v) is 1.48. The normalized spacial score (nSPS) is 10.5. The Morgan fingerprint density at radius 2 is 2.24 bits per heavy atom. The molecule has 2 aromatic rings. The summed E-state index contributed by atoms with van der Waals surface area (Å²) in [6.07, 6.45) is 3.48. The van der Waals surface area contributed by atoms with Crippen LogP contribution in [0.5, 0.6) is 5.75 Å². The molecule has 1 aromatic heterocycles. The van der Waals surface area contributed by atoms with Crippen LogP contribution in [0, 0.1) is 5.82 Å². The van der Waals surface area contributed by atoms with E-state index < -0.39 is 5.82 Å². The van der Waals surface area contributed by atoms with Gasteiger partial charge in [0.05, 0.1) is 6.61 Å². The third-order valence-electron chi connectivity index (χ3n) is 2.40. The highest BCUT2D eigenvalue weighted by atomic mass is 19.1. The molecule has 0 aliphatic carbocycles. The lowest BCUT2D eigenvalue weighted by Crippen LogP contribution is -2.03. The Bertz CT molecular complexity index is 511. The first-order chi connectivity index (χ1) is 8.19. The number of nitrogens with zero attached hydrogens (tertiary/aromatic N) is 2. The molecule has 0 aliphatic heterocycles. The van der Waals surface area contributed by atoms with Crippen molar-refractivity contribution in [1.82, 2.24) is 9.55 Å². The predicted molar refractivity (Wildman–Crippen MR) is 59.9 cm³/mol. The number of halogens is 1.